The molecule has 0 atom stereocenters. The predicted octanol–water partition coefficient (Wildman–Crippen LogP) is 1.71. The molecule has 144 valence electrons. The van der Waals surface area contributed by atoms with Crippen LogP contribution in [0.15, 0.2) is 28.8 Å². The molecule has 3 rings (SSSR count). The normalized spacial score (nSPS) is 14.1. The van der Waals surface area contributed by atoms with Gasteiger partial charge in [0.1, 0.15) is 11.5 Å². The summed E-state index contributed by atoms with van der Waals surface area (Å²) in [6, 6.07) is 6.91. The summed E-state index contributed by atoms with van der Waals surface area (Å²) in [7, 11) is 0. The minimum Gasteiger partial charge on any atom is -0.484 e. The molecular weight excluding hydrogens is 350 g/mol. The number of hydrogen-bond donors (Lipinski definition) is 1. The maximum Gasteiger partial charge on any atom is 0.260 e. The van der Waals surface area contributed by atoms with Crippen molar-refractivity contribution in [3.8, 4) is 5.75 Å². The molecule has 0 unspecified atom stereocenters. The molecule has 2 aromatic rings. The van der Waals surface area contributed by atoms with E-state index in [4.69, 9.17) is 14.0 Å². The summed E-state index contributed by atoms with van der Waals surface area (Å²) < 4.78 is 15.8. The number of hydrogen-bond acceptors (Lipinski definition) is 6. The van der Waals surface area contributed by atoms with Crippen LogP contribution in [0.2, 0.25) is 0 Å². The Morgan fingerprint density at radius 3 is 2.52 bits per heavy atom. The Balaban J connectivity index is 1.48. The van der Waals surface area contributed by atoms with Crippen LogP contribution < -0.4 is 10.1 Å². The topological polar surface area (TPSA) is 93.9 Å². The van der Waals surface area contributed by atoms with Crippen molar-refractivity contribution in [3.05, 3.63) is 41.3 Å². The highest BCUT2D eigenvalue weighted by Crippen LogP contribution is 2.18. The summed E-state index contributed by atoms with van der Waals surface area (Å²) in [6.45, 7) is 5.90. The molecule has 8 heteroatoms. The van der Waals surface area contributed by atoms with E-state index in [1.54, 1.807) is 36.1 Å². The van der Waals surface area contributed by atoms with Gasteiger partial charge in [0.15, 0.2) is 6.61 Å². The molecule has 0 aliphatic carbocycles. The Hall–Kier alpha value is -2.87. The molecule has 2 amide bonds. The van der Waals surface area contributed by atoms with Gasteiger partial charge in [-0.3, -0.25) is 9.59 Å². The van der Waals surface area contributed by atoms with Crippen LogP contribution in [0.3, 0.4) is 0 Å². The van der Waals surface area contributed by atoms with Crippen molar-refractivity contribution in [2.75, 3.05) is 38.2 Å². The van der Waals surface area contributed by atoms with Gasteiger partial charge >= 0.3 is 0 Å². The van der Waals surface area contributed by atoms with Crippen molar-refractivity contribution in [2.45, 2.75) is 20.3 Å². The highest BCUT2D eigenvalue weighted by atomic mass is 16.5. The number of nitrogens with one attached hydrogen (secondary N) is 1. The van der Waals surface area contributed by atoms with Crippen LogP contribution in [0.1, 0.15) is 17.0 Å². The number of morpholine rings is 1. The Labute approximate surface area is 157 Å². The van der Waals surface area contributed by atoms with Gasteiger partial charge in [0.25, 0.3) is 5.91 Å². The van der Waals surface area contributed by atoms with Crippen molar-refractivity contribution in [3.63, 3.8) is 0 Å². The zero-order valence-corrected chi connectivity index (χ0v) is 15.5. The number of ether oxygens (including phenoxy) is 2. The lowest BCUT2D eigenvalue weighted by Gasteiger charge is -2.26. The van der Waals surface area contributed by atoms with Gasteiger partial charge in [-0.15, -0.1) is 0 Å². The first kappa shape index (κ1) is 18.9. The van der Waals surface area contributed by atoms with Gasteiger partial charge in [0.2, 0.25) is 5.91 Å². The number of aromatic nitrogens is 1. The van der Waals surface area contributed by atoms with Crippen molar-refractivity contribution in [1.82, 2.24) is 10.1 Å². The number of nitrogens with zero attached hydrogens (tertiary/aromatic N) is 2. The maximum absolute atomic E-state index is 12.2. The SMILES string of the molecule is Cc1noc(C)c1CC(=O)Nc1ccc(OCC(=O)N2CCOCC2)cc1. The standard InChI is InChI=1S/C19H23N3O5/c1-13-17(14(2)27-21-13)11-18(23)20-15-3-5-16(6-4-15)26-12-19(24)22-7-9-25-10-8-22/h3-6H,7-12H2,1-2H3,(H,20,23). The van der Waals surface area contributed by atoms with Crippen LogP contribution in [-0.4, -0.2) is 54.8 Å². The second kappa shape index (κ2) is 8.68. The third kappa shape index (κ3) is 5.07. The molecule has 0 bridgehead atoms. The summed E-state index contributed by atoms with van der Waals surface area (Å²) in [5.74, 6) is 1.01. The number of rotatable bonds is 6. The van der Waals surface area contributed by atoms with E-state index in [-0.39, 0.29) is 24.8 Å². The van der Waals surface area contributed by atoms with Crippen LogP contribution in [0.5, 0.6) is 5.75 Å². The van der Waals surface area contributed by atoms with Crippen molar-refractivity contribution >= 4 is 17.5 Å². The van der Waals surface area contributed by atoms with Gasteiger partial charge in [-0.2, -0.15) is 0 Å². The molecule has 27 heavy (non-hydrogen) atoms. The summed E-state index contributed by atoms with van der Waals surface area (Å²) >= 11 is 0. The molecule has 2 heterocycles. The highest BCUT2D eigenvalue weighted by Gasteiger charge is 2.17. The molecule has 8 nitrogen and oxygen atoms in total. The lowest BCUT2D eigenvalue weighted by Crippen LogP contribution is -2.42. The van der Waals surface area contributed by atoms with Gasteiger partial charge in [-0.1, -0.05) is 5.16 Å². The minimum absolute atomic E-state index is 0.0161. The van der Waals surface area contributed by atoms with E-state index in [1.165, 1.54) is 0 Å². The third-order valence-electron chi connectivity index (χ3n) is 4.38. The zero-order valence-electron chi connectivity index (χ0n) is 15.5. The average molecular weight is 373 g/mol. The highest BCUT2D eigenvalue weighted by molar-refractivity contribution is 5.92. The van der Waals surface area contributed by atoms with E-state index in [2.05, 4.69) is 10.5 Å². The summed E-state index contributed by atoms with van der Waals surface area (Å²) in [5.41, 5.74) is 2.17. The number of aryl methyl sites for hydroxylation is 2. The number of carbonyl (C=O) groups excluding carboxylic acids is 2. The molecule has 1 aliphatic heterocycles. The van der Waals surface area contributed by atoms with Gasteiger partial charge in [0, 0.05) is 24.3 Å². The first-order valence-electron chi connectivity index (χ1n) is 8.83. The molecule has 0 radical (unpaired) electrons. The molecule has 1 aliphatic rings. The van der Waals surface area contributed by atoms with E-state index in [9.17, 15) is 9.59 Å². The van der Waals surface area contributed by atoms with E-state index < -0.39 is 0 Å². The van der Waals surface area contributed by atoms with Crippen molar-refractivity contribution in [2.24, 2.45) is 0 Å². The monoisotopic (exact) mass is 373 g/mol. The summed E-state index contributed by atoms with van der Waals surface area (Å²) in [4.78, 5) is 26.0. The molecule has 0 spiro atoms. The minimum atomic E-state index is -0.152. The maximum atomic E-state index is 12.2. The lowest BCUT2D eigenvalue weighted by atomic mass is 10.1. The van der Waals surface area contributed by atoms with Gasteiger partial charge in [-0.05, 0) is 38.1 Å². The van der Waals surface area contributed by atoms with E-state index in [0.29, 0.717) is 43.5 Å². The summed E-state index contributed by atoms with van der Waals surface area (Å²) in [5, 5.41) is 6.67. The van der Waals surface area contributed by atoms with Crippen molar-refractivity contribution < 1.29 is 23.6 Å². The van der Waals surface area contributed by atoms with Gasteiger partial charge < -0.3 is 24.2 Å². The Kier molecular flexibility index (Phi) is 6.08. The van der Waals surface area contributed by atoms with Crippen molar-refractivity contribution in [1.29, 1.82) is 0 Å². The fourth-order valence-corrected chi connectivity index (χ4v) is 2.80. The van der Waals surface area contributed by atoms with Crippen LogP contribution in [-0.2, 0) is 20.7 Å². The van der Waals surface area contributed by atoms with E-state index >= 15 is 0 Å². The summed E-state index contributed by atoms with van der Waals surface area (Å²) in [6.07, 6.45) is 0.202. The molecule has 1 fully saturated rings. The van der Waals surface area contributed by atoms with Crippen LogP contribution in [0.25, 0.3) is 0 Å². The fourth-order valence-electron chi connectivity index (χ4n) is 2.80. The Morgan fingerprint density at radius 1 is 1.19 bits per heavy atom. The Bertz CT molecular complexity index is 775. The number of anilines is 1. The van der Waals surface area contributed by atoms with Crippen LogP contribution >= 0.6 is 0 Å². The van der Waals surface area contributed by atoms with Crippen LogP contribution in [0.4, 0.5) is 5.69 Å². The largest absolute Gasteiger partial charge is 0.484 e. The third-order valence-corrected chi connectivity index (χ3v) is 4.38. The number of benzene rings is 1. The number of carbonyl (C=O) groups is 2. The first-order valence-corrected chi connectivity index (χ1v) is 8.83. The molecule has 0 saturated carbocycles. The average Bonchev–Trinajstić information content (AvgIpc) is 3.00. The smallest absolute Gasteiger partial charge is 0.260 e. The predicted molar refractivity (Wildman–Crippen MR) is 97.6 cm³/mol. The molecule has 1 aromatic heterocycles. The van der Waals surface area contributed by atoms with Gasteiger partial charge in [-0.25, -0.2) is 0 Å². The molecule has 1 aromatic carbocycles. The quantitative estimate of drug-likeness (QED) is 0.828. The molecular formula is C19H23N3O5. The van der Waals surface area contributed by atoms with E-state index in [0.717, 1.165) is 11.3 Å². The second-order valence-corrected chi connectivity index (χ2v) is 6.33. The second-order valence-electron chi connectivity index (χ2n) is 6.33. The van der Waals surface area contributed by atoms with E-state index in [1.807, 2.05) is 6.92 Å². The number of amides is 2. The molecule has 1 N–H and O–H groups in total. The Morgan fingerprint density at radius 2 is 1.89 bits per heavy atom. The zero-order chi connectivity index (χ0) is 19.2. The first-order chi connectivity index (χ1) is 13.0. The van der Waals surface area contributed by atoms with Crippen LogP contribution in [0, 0.1) is 13.8 Å². The van der Waals surface area contributed by atoms with Gasteiger partial charge in [0.05, 0.1) is 25.3 Å². The lowest BCUT2D eigenvalue weighted by molar-refractivity contribution is -0.137. The molecule has 1 saturated heterocycles. The fraction of sp³-hybridized carbons (Fsp3) is 0.421.